The molecular formula is C13H26N2O2. The fourth-order valence-electron chi connectivity index (χ4n) is 2.00. The molecule has 1 fully saturated rings. The van der Waals surface area contributed by atoms with Crippen LogP contribution in [-0.2, 0) is 9.63 Å². The Morgan fingerprint density at radius 2 is 2.06 bits per heavy atom. The van der Waals surface area contributed by atoms with Gasteiger partial charge in [-0.1, -0.05) is 32.6 Å². The SMILES string of the molecule is CCCCCNC(=O)C(C)NOC1CCCC1. The van der Waals surface area contributed by atoms with Crippen LogP contribution in [0.3, 0.4) is 0 Å². The molecule has 0 heterocycles. The lowest BCUT2D eigenvalue weighted by Gasteiger charge is -2.17. The van der Waals surface area contributed by atoms with Gasteiger partial charge in [0.1, 0.15) is 6.04 Å². The van der Waals surface area contributed by atoms with Gasteiger partial charge in [-0.15, -0.1) is 0 Å². The number of hydrogen-bond donors (Lipinski definition) is 2. The Bertz CT molecular complexity index is 215. The Morgan fingerprint density at radius 1 is 1.35 bits per heavy atom. The smallest absolute Gasteiger partial charge is 0.239 e. The molecule has 0 aromatic carbocycles. The topological polar surface area (TPSA) is 50.4 Å². The van der Waals surface area contributed by atoms with Gasteiger partial charge in [0, 0.05) is 6.54 Å². The fourth-order valence-corrected chi connectivity index (χ4v) is 2.00. The molecule has 0 spiro atoms. The number of nitrogens with one attached hydrogen (secondary N) is 2. The second kappa shape index (κ2) is 8.48. The number of hydrogen-bond acceptors (Lipinski definition) is 3. The molecule has 0 bridgehead atoms. The van der Waals surface area contributed by atoms with Crippen LogP contribution < -0.4 is 10.8 Å². The summed E-state index contributed by atoms with van der Waals surface area (Å²) in [4.78, 5) is 17.2. The summed E-state index contributed by atoms with van der Waals surface area (Å²) in [6.45, 7) is 4.76. The van der Waals surface area contributed by atoms with E-state index in [9.17, 15) is 4.79 Å². The second-order valence-corrected chi connectivity index (χ2v) is 4.86. The predicted molar refractivity (Wildman–Crippen MR) is 68.5 cm³/mol. The Balaban J connectivity index is 2.04. The lowest BCUT2D eigenvalue weighted by molar-refractivity contribution is -0.128. The van der Waals surface area contributed by atoms with Gasteiger partial charge in [0.25, 0.3) is 0 Å². The first-order valence-electron chi connectivity index (χ1n) is 6.93. The van der Waals surface area contributed by atoms with Gasteiger partial charge in [0.15, 0.2) is 0 Å². The molecule has 1 aliphatic rings. The van der Waals surface area contributed by atoms with Crippen molar-refractivity contribution < 1.29 is 9.63 Å². The molecule has 0 aliphatic heterocycles. The van der Waals surface area contributed by atoms with Gasteiger partial charge in [-0.05, 0) is 26.2 Å². The van der Waals surface area contributed by atoms with Gasteiger partial charge in [-0.2, -0.15) is 5.48 Å². The van der Waals surface area contributed by atoms with Crippen LogP contribution in [0.5, 0.6) is 0 Å². The highest BCUT2D eigenvalue weighted by atomic mass is 16.7. The quantitative estimate of drug-likeness (QED) is 0.506. The van der Waals surface area contributed by atoms with Crippen molar-refractivity contribution in [1.82, 2.24) is 10.8 Å². The summed E-state index contributed by atoms with van der Waals surface area (Å²) in [6, 6.07) is -0.266. The van der Waals surface area contributed by atoms with Crippen molar-refractivity contribution in [3.8, 4) is 0 Å². The molecular weight excluding hydrogens is 216 g/mol. The first-order valence-corrected chi connectivity index (χ1v) is 6.93. The van der Waals surface area contributed by atoms with Crippen molar-refractivity contribution in [2.75, 3.05) is 6.54 Å². The highest BCUT2D eigenvalue weighted by Crippen LogP contribution is 2.19. The first-order chi connectivity index (χ1) is 8.24. The zero-order chi connectivity index (χ0) is 12.5. The van der Waals surface area contributed by atoms with E-state index in [1.54, 1.807) is 0 Å². The molecule has 0 saturated heterocycles. The summed E-state index contributed by atoms with van der Waals surface area (Å²) in [5.41, 5.74) is 2.85. The Morgan fingerprint density at radius 3 is 2.71 bits per heavy atom. The zero-order valence-electron chi connectivity index (χ0n) is 11.1. The second-order valence-electron chi connectivity index (χ2n) is 4.86. The standard InChI is InChI=1S/C13H26N2O2/c1-3-4-7-10-14-13(16)11(2)15-17-12-8-5-6-9-12/h11-12,15H,3-10H2,1-2H3,(H,14,16). The molecule has 4 heteroatoms. The normalized spacial score (nSPS) is 18.2. The van der Waals surface area contributed by atoms with Crippen molar-refractivity contribution in [1.29, 1.82) is 0 Å². The molecule has 1 saturated carbocycles. The van der Waals surface area contributed by atoms with Crippen molar-refractivity contribution >= 4 is 5.91 Å². The van der Waals surface area contributed by atoms with E-state index in [1.165, 1.54) is 25.7 Å². The molecule has 1 unspecified atom stereocenters. The van der Waals surface area contributed by atoms with Gasteiger partial charge in [-0.3, -0.25) is 9.63 Å². The molecule has 1 aliphatic carbocycles. The van der Waals surface area contributed by atoms with Crippen LogP contribution in [0, 0.1) is 0 Å². The van der Waals surface area contributed by atoms with Crippen LogP contribution in [-0.4, -0.2) is 24.6 Å². The van der Waals surface area contributed by atoms with E-state index < -0.39 is 0 Å². The minimum Gasteiger partial charge on any atom is -0.355 e. The number of amides is 1. The van der Waals surface area contributed by atoms with Gasteiger partial charge in [-0.25, -0.2) is 0 Å². The molecule has 1 rings (SSSR count). The lowest BCUT2D eigenvalue weighted by atomic mass is 10.2. The van der Waals surface area contributed by atoms with Crippen molar-refractivity contribution in [3.63, 3.8) is 0 Å². The molecule has 0 aromatic heterocycles. The third kappa shape index (κ3) is 6.03. The number of unbranched alkanes of at least 4 members (excludes halogenated alkanes) is 2. The molecule has 1 amide bonds. The number of carbonyl (C=O) groups excluding carboxylic acids is 1. The summed E-state index contributed by atoms with van der Waals surface area (Å²) >= 11 is 0. The number of hydroxylamine groups is 1. The van der Waals surface area contributed by atoms with Crippen molar-refractivity contribution in [3.05, 3.63) is 0 Å². The maximum atomic E-state index is 11.7. The van der Waals surface area contributed by atoms with Gasteiger partial charge in [0.2, 0.25) is 5.91 Å². The van der Waals surface area contributed by atoms with E-state index >= 15 is 0 Å². The van der Waals surface area contributed by atoms with Crippen molar-refractivity contribution in [2.45, 2.75) is 70.9 Å². The highest BCUT2D eigenvalue weighted by Gasteiger charge is 2.18. The predicted octanol–water partition coefficient (Wildman–Crippen LogP) is 2.15. The lowest BCUT2D eigenvalue weighted by Crippen LogP contribution is -2.43. The van der Waals surface area contributed by atoms with Gasteiger partial charge < -0.3 is 5.32 Å². The summed E-state index contributed by atoms with van der Waals surface area (Å²) in [5.74, 6) is 0.0269. The van der Waals surface area contributed by atoms with E-state index in [-0.39, 0.29) is 11.9 Å². The van der Waals surface area contributed by atoms with Crippen LogP contribution >= 0.6 is 0 Å². The monoisotopic (exact) mass is 242 g/mol. The number of rotatable bonds is 8. The van der Waals surface area contributed by atoms with E-state index in [4.69, 9.17) is 4.84 Å². The molecule has 4 nitrogen and oxygen atoms in total. The zero-order valence-corrected chi connectivity index (χ0v) is 11.1. The summed E-state index contributed by atoms with van der Waals surface area (Å²) < 4.78 is 0. The maximum Gasteiger partial charge on any atom is 0.239 e. The Labute approximate surface area is 104 Å². The summed E-state index contributed by atoms with van der Waals surface area (Å²) in [5, 5.41) is 2.91. The molecule has 0 aromatic rings. The van der Waals surface area contributed by atoms with E-state index in [1.807, 2.05) is 6.92 Å². The van der Waals surface area contributed by atoms with Gasteiger partial charge >= 0.3 is 0 Å². The van der Waals surface area contributed by atoms with E-state index in [0.29, 0.717) is 6.10 Å². The molecule has 0 radical (unpaired) electrons. The van der Waals surface area contributed by atoms with Crippen LogP contribution in [0.4, 0.5) is 0 Å². The Hall–Kier alpha value is -0.610. The molecule has 1 atom stereocenters. The average molecular weight is 242 g/mol. The third-order valence-electron chi connectivity index (χ3n) is 3.19. The van der Waals surface area contributed by atoms with Crippen LogP contribution in [0.25, 0.3) is 0 Å². The third-order valence-corrected chi connectivity index (χ3v) is 3.19. The van der Waals surface area contributed by atoms with Crippen LogP contribution in [0.1, 0.15) is 58.8 Å². The van der Waals surface area contributed by atoms with E-state index in [2.05, 4.69) is 17.7 Å². The molecule has 2 N–H and O–H groups in total. The Kier molecular flexibility index (Phi) is 7.21. The van der Waals surface area contributed by atoms with E-state index in [0.717, 1.165) is 25.8 Å². The first kappa shape index (κ1) is 14.5. The largest absolute Gasteiger partial charge is 0.355 e. The molecule has 100 valence electrons. The maximum absolute atomic E-state index is 11.7. The highest BCUT2D eigenvalue weighted by molar-refractivity contribution is 5.81. The van der Waals surface area contributed by atoms with Gasteiger partial charge in [0.05, 0.1) is 6.10 Å². The minimum atomic E-state index is -0.266. The van der Waals surface area contributed by atoms with Crippen LogP contribution in [0.2, 0.25) is 0 Å². The molecule has 17 heavy (non-hydrogen) atoms. The minimum absolute atomic E-state index is 0.0269. The van der Waals surface area contributed by atoms with Crippen LogP contribution in [0.15, 0.2) is 0 Å². The summed E-state index contributed by atoms with van der Waals surface area (Å²) in [6.07, 6.45) is 8.39. The number of carbonyl (C=O) groups is 1. The fraction of sp³-hybridized carbons (Fsp3) is 0.923. The average Bonchev–Trinajstić information content (AvgIpc) is 2.84. The summed E-state index contributed by atoms with van der Waals surface area (Å²) in [7, 11) is 0. The van der Waals surface area contributed by atoms with Crippen molar-refractivity contribution in [2.24, 2.45) is 0 Å².